The lowest BCUT2D eigenvalue weighted by Crippen LogP contribution is -2.61. The highest BCUT2D eigenvalue weighted by molar-refractivity contribution is 5.82. The third kappa shape index (κ3) is 4.26. The zero-order valence-corrected chi connectivity index (χ0v) is 17.9. The predicted octanol–water partition coefficient (Wildman–Crippen LogP) is 3.88. The van der Waals surface area contributed by atoms with Crippen LogP contribution in [0.5, 0.6) is 5.75 Å². The molecule has 1 N–H and O–H groups in total. The Morgan fingerprint density at radius 1 is 1.25 bits per heavy atom. The van der Waals surface area contributed by atoms with Crippen LogP contribution in [0, 0.1) is 5.92 Å². The summed E-state index contributed by atoms with van der Waals surface area (Å²) in [4.78, 5) is 17.3. The maximum Gasteiger partial charge on any atom is 0.416 e. The first kappa shape index (κ1) is 22.0. The van der Waals surface area contributed by atoms with Gasteiger partial charge in [-0.25, -0.2) is 0 Å². The van der Waals surface area contributed by atoms with Crippen LogP contribution in [-0.2, 0) is 17.4 Å². The fourth-order valence-electron chi connectivity index (χ4n) is 4.64. The zero-order valence-electron chi connectivity index (χ0n) is 17.9. The van der Waals surface area contributed by atoms with E-state index in [-0.39, 0.29) is 18.4 Å². The number of nitrogens with zero attached hydrogens (tertiary/aromatic N) is 2. The predicted molar refractivity (Wildman–Crippen MR) is 118 cm³/mol. The largest absolute Gasteiger partial charge is 0.497 e. The van der Waals surface area contributed by atoms with Crippen molar-refractivity contribution in [3.8, 4) is 5.75 Å². The number of ether oxygens (including phenoxy) is 1. The van der Waals surface area contributed by atoms with Gasteiger partial charge in [0.15, 0.2) is 0 Å². The number of alkyl halides is 3. The van der Waals surface area contributed by atoms with Crippen molar-refractivity contribution in [1.82, 2.24) is 5.32 Å². The van der Waals surface area contributed by atoms with Crippen LogP contribution in [0.4, 0.5) is 24.5 Å². The van der Waals surface area contributed by atoms with E-state index in [0.29, 0.717) is 31.7 Å². The maximum absolute atomic E-state index is 13.3. The number of hydrogen-bond donors (Lipinski definition) is 1. The van der Waals surface area contributed by atoms with Crippen LogP contribution in [0.2, 0.25) is 0 Å². The average molecular weight is 445 g/mol. The summed E-state index contributed by atoms with van der Waals surface area (Å²) in [6, 6.07) is 11.4. The quantitative estimate of drug-likeness (QED) is 0.710. The minimum atomic E-state index is -4.42. The van der Waals surface area contributed by atoms with E-state index in [0.717, 1.165) is 23.2 Å². The highest BCUT2D eigenvalue weighted by atomic mass is 19.4. The molecule has 0 aromatic heterocycles. The number of methoxy groups -OCH3 is 1. The number of piperazine rings is 1. The molecule has 2 aromatic rings. The summed E-state index contributed by atoms with van der Waals surface area (Å²) in [5, 5.41) is 2.84. The van der Waals surface area contributed by atoms with Crippen LogP contribution in [0.3, 0.4) is 0 Å². The molecule has 8 heteroatoms. The third-order valence-corrected chi connectivity index (χ3v) is 6.22. The smallest absolute Gasteiger partial charge is 0.416 e. The van der Waals surface area contributed by atoms with Gasteiger partial charge in [-0.1, -0.05) is 12.1 Å². The molecule has 32 heavy (non-hydrogen) atoms. The molecule has 0 radical (unpaired) electrons. The first-order valence-corrected chi connectivity index (χ1v) is 10.6. The van der Waals surface area contributed by atoms with Gasteiger partial charge in [-0.05, 0) is 42.3 Å². The highest BCUT2D eigenvalue weighted by Gasteiger charge is 2.42. The third-order valence-electron chi connectivity index (χ3n) is 6.22. The van der Waals surface area contributed by atoms with Crippen molar-refractivity contribution in [2.45, 2.75) is 18.6 Å². The number of amides is 1. The molecule has 1 fully saturated rings. The molecule has 2 aliphatic heterocycles. The minimum absolute atomic E-state index is 0.163. The molecular weight excluding hydrogens is 419 g/mol. The van der Waals surface area contributed by atoms with Gasteiger partial charge in [-0.2, -0.15) is 13.2 Å². The van der Waals surface area contributed by atoms with Gasteiger partial charge in [-0.3, -0.25) is 4.79 Å². The molecule has 0 spiro atoms. The summed E-state index contributed by atoms with van der Waals surface area (Å²) >= 11 is 0. The molecule has 0 bridgehead atoms. The Bertz CT molecular complexity index is 1010. The van der Waals surface area contributed by atoms with Crippen LogP contribution in [0.25, 0.3) is 0 Å². The number of benzene rings is 2. The lowest BCUT2D eigenvalue weighted by molar-refractivity contribution is -0.137. The Morgan fingerprint density at radius 2 is 2.06 bits per heavy atom. The van der Waals surface area contributed by atoms with Crippen LogP contribution in [0.1, 0.15) is 11.1 Å². The Balaban J connectivity index is 1.67. The molecule has 2 unspecified atom stereocenters. The molecule has 5 nitrogen and oxygen atoms in total. The first-order valence-electron chi connectivity index (χ1n) is 10.6. The number of hydrogen-bond acceptors (Lipinski definition) is 4. The normalized spacial score (nSPS) is 20.2. The van der Waals surface area contributed by atoms with Crippen LogP contribution < -0.4 is 19.9 Å². The monoisotopic (exact) mass is 445 g/mol. The Labute approximate surface area is 185 Å². The van der Waals surface area contributed by atoms with Gasteiger partial charge in [0.1, 0.15) is 5.75 Å². The molecule has 2 atom stereocenters. The zero-order chi connectivity index (χ0) is 22.9. The molecule has 2 heterocycles. The van der Waals surface area contributed by atoms with E-state index in [9.17, 15) is 18.0 Å². The van der Waals surface area contributed by atoms with Crippen molar-refractivity contribution >= 4 is 17.3 Å². The maximum atomic E-state index is 13.3. The van der Waals surface area contributed by atoms with Crippen molar-refractivity contribution < 1.29 is 22.7 Å². The topological polar surface area (TPSA) is 44.8 Å². The summed E-state index contributed by atoms with van der Waals surface area (Å²) in [5.41, 5.74) is 1.65. The second-order valence-electron chi connectivity index (χ2n) is 8.09. The van der Waals surface area contributed by atoms with Crippen molar-refractivity contribution in [2.24, 2.45) is 5.92 Å². The number of anilines is 2. The molecule has 0 saturated carbocycles. The molecule has 1 amide bonds. The second kappa shape index (κ2) is 8.76. The Morgan fingerprint density at radius 3 is 2.78 bits per heavy atom. The van der Waals surface area contributed by atoms with Crippen LogP contribution in [0.15, 0.2) is 55.1 Å². The standard InChI is InChI=1S/C24H26F3N3O2/c1-3-9-28-23(31)20-13-16-12-17(24(25,26)27)7-8-21(16)30-11-10-29(15-22(20)30)18-5-4-6-19(14-18)32-2/h3-8,12,14,20,22H,1,9-11,13,15H2,2H3,(H,28,31). The van der Waals surface area contributed by atoms with Gasteiger partial charge >= 0.3 is 6.18 Å². The van der Waals surface area contributed by atoms with Crippen LogP contribution >= 0.6 is 0 Å². The highest BCUT2D eigenvalue weighted by Crippen LogP contribution is 2.40. The molecule has 1 saturated heterocycles. The van der Waals surface area contributed by atoms with E-state index in [1.165, 1.54) is 6.07 Å². The average Bonchev–Trinajstić information content (AvgIpc) is 2.80. The van der Waals surface area contributed by atoms with Gasteiger partial charge < -0.3 is 19.9 Å². The molecule has 2 aliphatic rings. The number of carbonyl (C=O) groups is 1. The lowest BCUT2D eigenvalue weighted by Gasteiger charge is -2.49. The Kier molecular flexibility index (Phi) is 6.04. The minimum Gasteiger partial charge on any atom is -0.497 e. The van der Waals surface area contributed by atoms with Gasteiger partial charge in [0, 0.05) is 43.6 Å². The van der Waals surface area contributed by atoms with E-state index in [2.05, 4.69) is 21.7 Å². The SMILES string of the molecule is C=CCNC(=O)C1Cc2cc(C(F)(F)F)ccc2N2CCN(c3cccc(OC)c3)CC12. The van der Waals surface area contributed by atoms with E-state index in [1.807, 2.05) is 24.3 Å². The van der Waals surface area contributed by atoms with E-state index in [1.54, 1.807) is 19.3 Å². The first-order chi connectivity index (χ1) is 15.3. The number of nitrogens with one attached hydrogen (secondary N) is 1. The summed E-state index contributed by atoms with van der Waals surface area (Å²) in [6.07, 6.45) is -2.56. The van der Waals surface area contributed by atoms with E-state index >= 15 is 0 Å². The van der Waals surface area contributed by atoms with E-state index < -0.39 is 17.7 Å². The Hall–Kier alpha value is -3.16. The summed E-state index contributed by atoms with van der Waals surface area (Å²) < 4.78 is 45.2. The summed E-state index contributed by atoms with van der Waals surface area (Å²) in [6.45, 7) is 5.82. The van der Waals surface area contributed by atoms with Crippen molar-refractivity contribution in [3.05, 3.63) is 66.2 Å². The van der Waals surface area contributed by atoms with Gasteiger partial charge in [0.25, 0.3) is 0 Å². The molecule has 170 valence electrons. The van der Waals surface area contributed by atoms with Crippen molar-refractivity contribution in [3.63, 3.8) is 0 Å². The second-order valence-corrected chi connectivity index (χ2v) is 8.09. The van der Waals surface area contributed by atoms with Crippen LogP contribution in [-0.4, -0.2) is 45.2 Å². The molecule has 4 rings (SSSR count). The van der Waals surface area contributed by atoms with E-state index in [4.69, 9.17) is 4.74 Å². The molecule has 0 aliphatic carbocycles. The van der Waals surface area contributed by atoms with Crippen molar-refractivity contribution in [1.29, 1.82) is 0 Å². The molecular formula is C24H26F3N3O2. The molecule has 2 aromatic carbocycles. The fourth-order valence-corrected chi connectivity index (χ4v) is 4.64. The number of carbonyl (C=O) groups excluding carboxylic acids is 1. The van der Waals surface area contributed by atoms with Crippen molar-refractivity contribution in [2.75, 3.05) is 43.1 Å². The lowest BCUT2D eigenvalue weighted by atomic mass is 9.82. The van der Waals surface area contributed by atoms with Gasteiger partial charge in [-0.15, -0.1) is 6.58 Å². The summed E-state index contributed by atoms with van der Waals surface area (Å²) in [7, 11) is 1.62. The van der Waals surface area contributed by atoms with Gasteiger partial charge in [0.2, 0.25) is 5.91 Å². The fraction of sp³-hybridized carbons (Fsp3) is 0.375. The number of fused-ring (bicyclic) bond motifs is 3. The summed E-state index contributed by atoms with van der Waals surface area (Å²) in [5.74, 6) is 0.105. The number of rotatable bonds is 5. The number of halogens is 3. The van der Waals surface area contributed by atoms with Gasteiger partial charge in [0.05, 0.1) is 24.6 Å².